The molecule has 0 radical (unpaired) electrons. The molecule has 0 saturated heterocycles. The van der Waals surface area contributed by atoms with Crippen LogP contribution in [-0.2, 0) is 0 Å². The predicted octanol–water partition coefficient (Wildman–Crippen LogP) is 5.12. The first-order valence-corrected chi connectivity index (χ1v) is 6.45. The van der Waals surface area contributed by atoms with Gasteiger partial charge in [0.25, 0.3) is 0 Å². The number of hydrogen-bond acceptors (Lipinski definition) is 0. The number of hydrogen-bond donors (Lipinski definition) is 0. The van der Waals surface area contributed by atoms with Crippen molar-refractivity contribution in [3.05, 3.63) is 41.7 Å². The highest BCUT2D eigenvalue weighted by Crippen LogP contribution is 2.44. The van der Waals surface area contributed by atoms with Gasteiger partial charge in [-0.1, -0.05) is 38.5 Å². The van der Waals surface area contributed by atoms with E-state index in [2.05, 4.69) is 13.5 Å². The summed E-state index contributed by atoms with van der Waals surface area (Å²) in [7, 11) is 0. The summed E-state index contributed by atoms with van der Waals surface area (Å²) in [5, 5.41) is 0. The van der Waals surface area contributed by atoms with E-state index >= 15 is 0 Å². The number of benzene rings is 1. The Bertz CT molecular complexity index is 405. The second-order valence-corrected chi connectivity index (χ2v) is 5.73. The summed E-state index contributed by atoms with van der Waals surface area (Å²) in [6.45, 7) is 8.38. The third-order valence-electron chi connectivity index (χ3n) is 4.03. The predicted molar refractivity (Wildman–Crippen MR) is 71.4 cm³/mol. The van der Waals surface area contributed by atoms with Crippen LogP contribution in [-0.4, -0.2) is 0 Å². The van der Waals surface area contributed by atoms with Gasteiger partial charge >= 0.3 is 0 Å². The van der Waals surface area contributed by atoms with E-state index in [1.54, 1.807) is 6.07 Å². The van der Waals surface area contributed by atoms with Gasteiger partial charge in [-0.05, 0) is 48.8 Å². The molecule has 0 nitrogen and oxygen atoms in total. The van der Waals surface area contributed by atoms with Crippen molar-refractivity contribution in [3.8, 4) is 0 Å². The summed E-state index contributed by atoms with van der Waals surface area (Å²) >= 11 is 0. The molecule has 1 heteroatoms. The van der Waals surface area contributed by atoms with Crippen molar-refractivity contribution in [1.82, 2.24) is 0 Å². The number of aryl methyl sites for hydroxylation is 1. The number of rotatable bonds is 3. The van der Waals surface area contributed by atoms with E-state index < -0.39 is 0 Å². The monoisotopic (exact) mass is 232 g/mol. The fraction of sp³-hybridized carbons (Fsp3) is 0.500. The molecular formula is C16H21F. The molecule has 92 valence electrons. The van der Waals surface area contributed by atoms with Crippen molar-refractivity contribution in [2.75, 3.05) is 0 Å². The fourth-order valence-corrected chi connectivity index (χ4v) is 3.09. The van der Waals surface area contributed by atoms with Crippen molar-refractivity contribution in [2.24, 2.45) is 5.41 Å². The Morgan fingerprint density at radius 2 is 2.00 bits per heavy atom. The van der Waals surface area contributed by atoms with Gasteiger partial charge in [-0.3, -0.25) is 0 Å². The van der Waals surface area contributed by atoms with Crippen molar-refractivity contribution in [2.45, 2.75) is 46.0 Å². The van der Waals surface area contributed by atoms with Gasteiger partial charge in [-0.15, -0.1) is 0 Å². The third-order valence-corrected chi connectivity index (χ3v) is 4.03. The molecule has 1 saturated carbocycles. The van der Waals surface area contributed by atoms with Gasteiger partial charge in [0.15, 0.2) is 0 Å². The van der Waals surface area contributed by atoms with Gasteiger partial charge < -0.3 is 0 Å². The molecule has 0 atom stereocenters. The molecule has 0 N–H and O–H groups in total. The van der Waals surface area contributed by atoms with E-state index in [1.807, 2.05) is 13.0 Å². The van der Waals surface area contributed by atoms with Crippen LogP contribution in [0.4, 0.5) is 4.39 Å². The Morgan fingerprint density at radius 1 is 1.35 bits per heavy atom. The molecule has 1 aliphatic carbocycles. The molecule has 17 heavy (non-hydrogen) atoms. The zero-order valence-corrected chi connectivity index (χ0v) is 10.9. The summed E-state index contributed by atoms with van der Waals surface area (Å²) in [5.74, 6) is -0.128. The molecule has 0 aliphatic heterocycles. The maximum absolute atomic E-state index is 13.8. The molecule has 1 aliphatic rings. The molecule has 0 spiro atoms. The van der Waals surface area contributed by atoms with Gasteiger partial charge in [0, 0.05) is 5.56 Å². The molecular weight excluding hydrogens is 211 g/mol. The maximum Gasteiger partial charge on any atom is 0.130 e. The molecule has 0 heterocycles. The van der Waals surface area contributed by atoms with Gasteiger partial charge in [0.1, 0.15) is 5.82 Å². The third kappa shape index (κ3) is 2.59. The molecule has 0 bridgehead atoms. The molecule has 1 aromatic rings. The highest BCUT2D eigenvalue weighted by molar-refractivity contribution is 5.67. The summed E-state index contributed by atoms with van der Waals surface area (Å²) in [5.41, 5.74) is 3.04. The van der Waals surface area contributed by atoms with E-state index in [-0.39, 0.29) is 5.82 Å². The van der Waals surface area contributed by atoms with Crippen molar-refractivity contribution >= 4 is 5.57 Å². The summed E-state index contributed by atoms with van der Waals surface area (Å²) in [6, 6.07) is 5.25. The van der Waals surface area contributed by atoms with Crippen LogP contribution in [0.25, 0.3) is 5.57 Å². The van der Waals surface area contributed by atoms with Crippen molar-refractivity contribution in [1.29, 1.82) is 0 Å². The van der Waals surface area contributed by atoms with Crippen LogP contribution >= 0.6 is 0 Å². The zero-order chi connectivity index (χ0) is 12.5. The van der Waals surface area contributed by atoms with Crippen molar-refractivity contribution in [3.63, 3.8) is 0 Å². The second-order valence-electron chi connectivity index (χ2n) is 5.73. The van der Waals surface area contributed by atoms with Gasteiger partial charge in [0.05, 0.1) is 0 Å². The smallest absolute Gasteiger partial charge is 0.130 e. The average molecular weight is 232 g/mol. The van der Waals surface area contributed by atoms with Crippen LogP contribution < -0.4 is 0 Å². The first-order valence-electron chi connectivity index (χ1n) is 6.45. The zero-order valence-electron chi connectivity index (χ0n) is 10.9. The summed E-state index contributed by atoms with van der Waals surface area (Å²) in [6.07, 6.45) is 6.04. The average Bonchev–Trinajstić information content (AvgIpc) is 2.64. The van der Waals surface area contributed by atoms with Crippen LogP contribution in [0.3, 0.4) is 0 Å². The summed E-state index contributed by atoms with van der Waals surface area (Å²) in [4.78, 5) is 0. The topological polar surface area (TPSA) is 0 Å². The van der Waals surface area contributed by atoms with Crippen LogP contribution in [0, 0.1) is 18.2 Å². The van der Waals surface area contributed by atoms with Crippen molar-refractivity contribution < 1.29 is 4.39 Å². The Morgan fingerprint density at radius 3 is 2.59 bits per heavy atom. The Labute approximate surface area is 104 Å². The van der Waals surface area contributed by atoms with Crippen LogP contribution in [0.5, 0.6) is 0 Å². The van der Waals surface area contributed by atoms with Crippen LogP contribution in [0.1, 0.15) is 50.2 Å². The van der Waals surface area contributed by atoms with Gasteiger partial charge in [-0.25, -0.2) is 4.39 Å². The number of halogens is 1. The highest BCUT2D eigenvalue weighted by atomic mass is 19.1. The largest absolute Gasteiger partial charge is 0.206 e. The minimum absolute atomic E-state index is 0.128. The molecule has 0 aromatic heterocycles. The minimum atomic E-state index is -0.128. The standard InChI is InChI=1S/C16H21F/c1-12-7-6-8-14(17)15(12)13(2)11-16(3)9-4-5-10-16/h6-8H,2,4-5,9-11H2,1,3H3. The van der Waals surface area contributed by atoms with E-state index in [4.69, 9.17) is 0 Å². The fourth-order valence-electron chi connectivity index (χ4n) is 3.09. The van der Waals surface area contributed by atoms with E-state index in [0.29, 0.717) is 5.41 Å². The lowest BCUT2D eigenvalue weighted by atomic mass is 9.80. The Kier molecular flexibility index (Phi) is 3.37. The van der Waals surface area contributed by atoms with Crippen LogP contribution in [0.2, 0.25) is 0 Å². The number of allylic oxidation sites excluding steroid dienone is 1. The Hall–Kier alpha value is -1.11. The highest BCUT2D eigenvalue weighted by Gasteiger charge is 2.30. The lowest BCUT2D eigenvalue weighted by Gasteiger charge is -2.25. The molecule has 0 unspecified atom stereocenters. The normalized spacial score (nSPS) is 18.3. The van der Waals surface area contributed by atoms with Gasteiger partial charge in [0.2, 0.25) is 0 Å². The molecule has 2 rings (SSSR count). The molecule has 1 fully saturated rings. The molecule has 1 aromatic carbocycles. The lowest BCUT2D eigenvalue weighted by Crippen LogP contribution is -2.12. The van der Waals surface area contributed by atoms with E-state index in [9.17, 15) is 4.39 Å². The SMILES string of the molecule is C=C(CC1(C)CCCC1)c1c(C)cccc1F. The van der Waals surface area contributed by atoms with Crippen LogP contribution in [0.15, 0.2) is 24.8 Å². The maximum atomic E-state index is 13.8. The second kappa shape index (κ2) is 4.64. The van der Waals surface area contributed by atoms with E-state index in [0.717, 1.165) is 23.1 Å². The van der Waals surface area contributed by atoms with E-state index in [1.165, 1.54) is 31.7 Å². The van der Waals surface area contributed by atoms with Gasteiger partial charge in [-0.2, -0.15) is 0 Å². The first kappa shape index (κ1) is 12.3. The quantitative estimate of drug-likeness (QED) is 0.678. The minimum Gasteiger partial charge on any atom is -0.206 e. The molecule has 0 amide bonds. The first-order chi connectivity index (χ1) is 8.02. The lowest BCUT2D eigenvalue weighted by molar-refractivity contribution is 0.347. The Balaban J connectivity index is 2.20. The summed E-state index contributed by atoms with van der Waals surface area (Å²) < 4.78 is 13.8.